The standard InChI is InChI=1S/C18H20Cl2O/c1-2-3-4-13-5-8-15(9-6-13)18(21)12-14-7-10-16(19)17(20)11-14/h5-11,18,21H,2-4,12H2,1H3. The van der Waals surface area contributed by atoms with Crippen LogP contribution >= 0.6 is 23.2 Å². The second kappa shape index (κ2) is 7.84. The van der Waals surface area contributed by atoms with E-state index in [1.54, 1.807) is 6.07 Å². The fraction of sp³-hybridized carbons (Fsp3) is 0.333. The molecule has 1 unspecified atom stereocenters. The van der Waals surface area contributed by atoms with Crippen LogP contribution in [-0.2, 0) is 12.8 Å². The fourth-order valence-electron chi connectivity index (χ4n) is 2.30. The molecule has 0 heterocycles. The van der Waals surface area contributed by atoms with Gasteiger partial charge in [0, 0.05) is 6.42 Å². The highest BCUT2D eigenvalue weighted by Crippen LogP contribution is 2.26. The van der Waals surface area contributed by atoms with Crippen molar-refractivity contribution in [2.75, 3.05) is 0 Å². The van der Waals surface area contributed by atoms with Crippen molar-refractivity contribution in [3.05, 3.63) is 69.2 Å². The molecule has 3 heteroatoms. The summed E-state index contributed by atoms with van der Waals surface area (Å²) in [6.45, 7) is 2.19. The Bertz CT molecular complexity index is 578. The Morgan fingerprint density at radius 2 is 1.62 bits per heavy atom. The Labute approximate surface area is 136 Å². The fourth-order valence-corrected chi connectivity index (χ4v) is 2.62. The van der Waals surface area contributed by atoms with Crippen LogP contribution in [0.15, 0.2) is 42.5 Å². The van der Waals surface area contributed by atoms with Crippen LogP contribution in [-0.4, -0.2) is 5.11 Å². The van der Waals surface area contributed by atoms with E-state index in [9.17, 15) is 5.11 Å². The van der Waals surface area contributed by atoms with Gasteiger partial charge in [0.15, 0.2) is 0 Å². The van der Waals surface area contributed by atoms with Gasteiger partial charge in [0.05, 0.1) is 16.1 Å². The minimum atomic E-state index is -0.525. The molecule has 21 heavy (non-hydrogen) atoms. The Morgan fingerprint density at radius 1 is 0.952 bits per heavy atom. The van der Waals surface area contributed by atoms with Gasteiger partial charge in [-0.05, 0) is 41.7 Å². The van der Waals surface area contributed by atoms with Crippen LogP contribution in [0.25, 0.3) is 0 Å². The number of aliphatic hydroxyl groups excluding tert-OH is 1. The van der Waals surface area contributed by atoms with Crippen molar-refractivity contribution in [3.63, 3.8) is 0 Å². The van der Waals surface area contributed by atoms with E-state index in [0.717, 1.165) is 17.5 Å². The van der Waals surface area contributed by atoms with Crippen molar-refractivity contribution >= 4 is 23.2 Å². The summed E-state index contributed by atoms with van der Waals surface area (Å²) >= 11 is 11.9. The van der Waals surface area contributed by atoms with E-state index in [0.29, 0.717) is 16.5 Å². The first-order valence-electron chi connectivity index (χ1n) is 7.31. The van der Waals surface area contributed by atoms with E-state index < -0.39 is 6.10 Å². The van der Waals surface area contributed by atoms with E-state index in [1.165, 1.54) is 18.4 Å². The number of hydrogen-bond donors (Lipinski definition) is 1. The number of benzene rings is 2. The minimum absolute atomic E-state index is 0.524. The number of hydrogen-bond acceptors (Lipinski definition) is 1. The third kappa shape index (κ3) is 4.74. The molecular weight excluding hydrogens is 303 g/mol. The van der Waals surface area contributed by atoms with Crippen LogP contribution in [0.2, 0.25) is 10.0 Å². The molecule has 2 rings (SSSR count). The Hall–Kier alpha value is -1.02. The first kappa shape index (κ1) is 16.4. The molecule has 0 aliphatic carbocycles. The lowest BCUT2D eigenvalue weighted by Gasteiger charge is -2.12. The van der Waals surface area contributed by atoms with E-state index in [1.807, 2.05) is 24.3 Å². The molecular formula is C18H20Cl2O. The van der Waals surface area contributed by atoms with Gasteiger partial charge < -0.3 is 5.11 Å². The highest BCUT2D eigenvalue weighted by atomic mass is 35.5. The smallest absolute Gasteiger partial charge is 0.0830 e. The average Bonchev–Trinajstić information content (AvgIpc) is 2.49. The van der Waals surface area contributed by atoms with Crippen molar-refractivity contribution < 1.29 is 5.11 Å². The average molecular weight is 323 g/mol. The molecule has 0 amide bonds. The lowest BCUT2D eigenvalue weighted by Crippen LogP contribution is -2.02. The lowest BCUT2D eigenvalue weighted by molar-refractivity contribution is 0.178. The molecule has 0 bridgehead atoms. The third-order valence-electron chi connectivity index (χ3n) is 3.60. The van der Waals surface area contributed by atoms with Gasteiger partial charge in [-0.1, -0.05) is 66.9 Å². The maximum atomic E-state index is 10.3. The summed E-state index contributed by atoms with van der Waals surface area (Å²) in [5, 5.41) is 11.4. The van der Waals surface area contributed by atoms with Gasteiger partial charge in [-0.2, -0.15) is 0 Å². The molecule has 0 aromatic heterocycles. The monoisotopic (exact) mass is 322 g/mol. The quantitative estimate of drug-likeness (QED) is 0.732. The summed E-state index contributed by atoms with van der Waals surface area (Å²) in [6, 6.07) is 13.7. The number of unbranched alkanes of at least 4 members (excludes halogenated alkanes) is 1. The maximum Gasteiger partial charge on any atom is 0.0830 e. The summed E-state index contributed by atoms with van der Waals surface area (Å²) in [6.07, 6.45) is 3.50. The van der Waals surface area contributed by atoms with Gasteiger partial charge in [0.1, 0.15) is 0 Å². The number of rotatable bonds is 6. The molecule has 0 aliphatic rings. The highest BCUT2D eigenvalue weighted by Gasteiger charge is 2.10. The van der Waals surface area contributed by atoms with Crippen molar-refractivity contribution in [2.24, 2.45) is 0 Å². The van der Waals surface area contributed by atoms with E-state index in [2.05, 4.69) is 19.1 Å². The number of aliphatic hydroxyl groups is 1. The molecule has 2 aromatic carbocycles. The summed E-state index contributed by atoms with van der Waals surface area (Å²) in [5.74, 6) is 0. The van der Waals surface area contributed by atoms with Gasteiger partial charge in [0.2, 0.25) is 0 Å². The SMILES string of the molecule is CCCCc1ccc(C(O)Cc2ccc(Cl)c(Cl)c2)cc1. The highest BCUT2D eigenvalue weighted by molar-refractivity contribution is 6.42. The van der Waals surface area contributed by atoms with Gasteiger partial charge in [0.25, 0.3) is 0 Å². The summed E-state index contributed by atoms with van der Waals surface area (Å²) < 4.78 is 0. The van der Waals surface area contributed by atoms with E-state index in [-0.39, 0.29) is 0 Å². The molecule has 1 N–H and O–H groups in total. The normalized spacial score (nSPS) is 12.4. The van der Waals surface area contributed by atoms with Gasteiger partial charge in [-0.3, -0.25) is 0 Å². The second-order valence-corrected chi connectivity index (χ2v) is 6.13. The van der Waals surface area contributed by atoms with Crippen LogP contribution in [0.3, 0.4) is 0 Å². The largest absolute Gasteiger partial charge is 0.388 e. The van der Waals surface area contributed by atoms with Crippen LogP contribution in [0, 0.1) is 0 Å². The van der Waals surface area contributed by atoms with Crippen molar-refractivity contribution in [1.29, 1.82) is 0 Å². The van der Waals surface area contributed by atoms with Gasteiger partial charge in [-0.15, -0.1) is 0 Å². The van der Waals surface area contributed by atoms with E-state index in [4.69, 9.17) is 23.2 Å². The molecule has 0 fully saturated rings. The summed E-state index contributed by atoms with van der Waals surface area (Å²) in [4.78, 5) is 0. The van der Waals surface area contributed by atoms with Gasteiger partial charge in [-0.25, -0.2) is 0 Å². The van der Waals surface area contributed by atoms with Crippen LogP contribution in [0.4, 0.5) is 0 Å². The molecule has 2 aromatic rings. The zero-order chi connectivity index (χ0) is 15.2. The summed E-state index contributed by atoms with van der Waals surface area (Å²) in [5.41, 5.74) is 3.23. The van der Waals surface area contributed by atoms with Crippen molar-refractivity contribution in [3.8, 4) is 0 Å². The predicted molar refractivity (Wildman–Crippen MR) is 90.2 cm³/mol. The zero-order valence-electron chi connectivity index (χ0n) is 12.2. The number of aryl methyl sites for hydroxylation is 1. The summed E-state index contributed by atoms with van der Waals surface area (Å²) in [7, 11) is 0. The molecule has 1 atom stereocenters. The van der Waals surface area contributed by atoms with Crippen molar-refractivity contribution in [2.45, 2.75) is 38.7 Å². The topological polar surface area (TPSA) is 20.2 Å². The first-order valence-corrected chi connectivity index (χ1v) is 8.06. The minimum Gasteiger partial charge on any atom is -0.388 e. The number of halogens is 2. The third-order valence-corrected chi connectivity index (χ3v) is 4.34. The second-order valence-electron chi connectivity index (χ2n) is 5.31. The van der Waals surface area contributed by atoms with Gasteiger partial charge >= 0.3 is 0 Å². The molecule has 0 spiro atoms. The lowest BCUT2D eigenvalue weighted by atomic mass is 9.99. The Balaban J connectivity index is 2.02. The van der Waals surface area contributed by atoms with Crippen LogP contribution in [0.1, 0.15) is 42.6 Å². The Kier molecular flexibility index (Phi) is 6.10. The zero-order valence-corrected chi connectivity index (χ0v) is 13.7. The first-order chi connectivity index (χ1) is 10.1. The molecule has 1 nitrogen and oxygen atoms in total. The molecule has 112 valence electrons. The molecule has 0 saturated heterocycles. The van der Waals surface area contributed by atoms with Crippen molar-refractivity contribution in [1.82, 2.24) is 0 Å². The van der Waals surface area contributed by atoms with Crippen LogP contribution < -0.4 is 0 Å². The molecule has 0 aliphatic heterocycles. The van der Waals surface area contributed by atoms with E-state index >= 15 is 0 Å². The molecule has 0 saturated carbocycles. The van der Waals surface area contributed by atoms with Crippen LogP contribution in [0.5, 0.6) is 0 Å². The maximum absolute atomic E-state index is 10.3. The Morgan fingerprint density at radius 3 is 2.24 bits per heavy atom. The molecule has 0 radical (unpaired) electrons. The predicted octanol–water partition coefficient (Wildman–Crippen LogP) is 5.61.